The van der Waals surface area contributed by atoms with E-state index in [-0.39, 0.29) is 75.0 Å². The molecule has 0 bridgehead atoms. The number of pyridine rings is 1. The van der Waals surface area contributed by atoms with Crippen LogP contribution in [0.1, 0.15) is 144 Å². The van der Waals surface area contributed by atoms with Gasteiger partial charge in [-0.2, -0.15) is 0 Å². The van der Waals surface area contributed by atoms with E-state index in [1.807, 2.05) is 55.4 Å². The SMILES string of the molecule is CCC(=O)O[C@H]1[C@H](O[C@@H]2[C@@H](C)[C@H](O[C@H]3C[C@@](C)(OC)[C@@H](OC(=O)CCOCCNc4ccc5c(c4)c(=O)c(C(=O)O)cn5C4CC4)[C@H](C)O3)[C@@H](C)C(=O)O[C@H](CC)[C@@](C)(O)[C@H](O)[C@@H](C)N(C)C[C@H](C)C[C@@]2(C)O)O[C@H](C)C[C@@H]1N(C)C. The minimum Gasteiger partial charge on any atom is -0.477 e. The van der Waals surface area contributed by atoms with E-state index in [4.69, 9.17) is 42.6 Å². The first kappa shape index (κ1) is 65.8. The lowest BCUT2D eigenvalue weighted by Gasteiger charge is -2.49. The Bertz CT molecular complexity index is 2520. The number of carbonyl (C=O) groups is 4. The largest absolute Gasteiger partial charge is 0.477 e. The molecule has 2 aromatic rings. The number of carboxylic acid groups (broad SMARTS) is 1. The average molecular weight is 1150 g/mol. The highest BCUT2D eigenvalue weighted by atomic mass is 16.7. The van der Waals surface area contributed by atoms with Crippen molar-refractivity contribution in [3.05, 3.63) is 40.2 Å². The van der Waals surface area contributed by atoms with Crippen LogP contribution in [0.5, 0.6) is 0 Å². The smallest absolute Gasteiger partial charge is 0.341 e. The number of cyclic esters (lactones) is 1. The van der Waals surface area contributed by atoms with Gasteiger partial charge in [-0.15, -0.1) is 0 Å². The Balaban J connectivity index is 1.21. The maximum absolute atomic E-state index is 14.7. The number of hydrogen-bond donors (Lipinski definition) is 5. The number of aromatic nitrogens is 1. The Morgan fingerprint density at radius 2 is 1.59 bits per heavy atom. The fraction of sp³-hybridized carbons (Fsp3) is 0.780. The molecule has 1 aromatic heterocycles. The molecule has 1 aliphatic carbocycles. The molecule has 1 saturated carbocycles. The number of nitrogens with zero attached hydrogens (tertiary/aromatic N) is 3. The first-order valence-electron chi connectivity index (χ1n) is 29.0. The molecule has 4 fully saturated rings. The molecule has 458 valence electrons. The zero-order valence-electron chi connectivity index (χ0n) is 50.4. The second-order valence-corrected chi connectivity index (χ2v) is 24.3. The molecule has 0 amide bonds. The van der Waals surface area contributed by atoms with Crippen molar-refractivity contribution in [2.24, 2.45) is 17.8 Å². The van der Waals surface area contributed by atoms with Crippen LogP contribution in [0, 0.1) is 17.8 Å². The molecule has 22 heteroatoms. The zero-order chi connectivity index (χ0) is 60.1. The third-order valence-electron chi connectivity index (χ3n) is 17.2. The minimum absolute atomic E-state index is 0.00419. The molecule has 3 saturated heterocycles. The van der Waals surface area contributed by atoms with E-state index in [0.29, 0.717) is 36.1 Å². The predicted molar refractivity (Wildman–Crippen MR) is 300 cm³/mol. The standard InChI is InChI=1S/C59H94N4O18/c1-16-44-59(11,72)51(67)36(7)62(14)30-32(3)28-57(9,71)52(81-56-50(78-45(64)17-2)43(61(12)13)26-33(4)75-56)34(5)49(35(6)55(70)77-44)80-47-29-58(10,73-15)53(37(8)76-47)79-46(65)22-24-74-25-23-60-38-18-21-42-40(27-38)48(66)41(54(68)69)31-63(42)39-19-20-39/h18,21,27,31-37,39,43-44,47,49-53,56,60,67,71-72H,16-17,19-20,22-26,28-30H2,1-15H3,(H,68,69)/t32-,33-,34+,35-,36-,37+,43+,44-,47+,49+,50-,51-,52-,53+,56+,57-,58-,59-/m1/s1. The average Bonchev–Trinajstić information content (AvgIpc) is 4.29. The Hall–Kier alpha value is -4.33. The van der Waals surface area contributed by atoms with Gasteiger partial charge in [0, 0.05) is 68.3 Å². The summed E-state index contributed by atoms with van der Waals surface area (Å²) in [6.07, 6.45) is -6.04. The number of methoxy groups -OCH3 is 1. The van der Waals surface area contributed by atoms with Gasteiger partial charge in [0.25, 0.3) is 0 Å². The van der Waals surface area contributed by atoms with Crippen LogP contribution in [-0.4, -0.2) is 204 Å². The van der Waals surface area contributed by atoms with Gasteiger partial charge in [0.15, 0.2) is 24.8 Å². The van der Waals surface area contributed by atoms with Gasteiger partial charge in [0.1, 0.15) is 29.0 Å². The molecule has 0 radical (unpaired) electrons. The van der Waals surface area contributed by atoms with Crippen molar-refractivity contribution in [2.75, 3.05) is 59.9 Å². The van der Waals surface area contributed by atoms with Crippen molar-refractivity contribution in [3.8, 4) is 0 Å². The van der Waals surface area contributed by atoms with E-state index in [1.54, 1.807) is 67.5 Å². The van der Waals surface area contributed by atoms with Crippen LogP contribution >= 0.6 is 0 Å². The molecule has 5 N–H and O–H groups in total. The number of rotatable bonds is 19. The van der Waals surface area contributed by atoms with Gasteiger partial charge in [0.2, 0.25) is 5.43 Å². The monoisotopic (exact) mass is 1150 g/mol. The molecule has 1 aromatic carbocycles. The molecule has 18 atom stereocenters. The molecule has 6 rings (SSSR count). The number of aromatic carboxylic acids is 1. The first-order chi connectivity index (χ1) is 38.0. The summed E-state index contributed by atoms with van der Waals surface area (Å²) in [6.45, 7) is 20.0. The maximum Gasteiger partial charge on any atom is 0.341 e. The predicted octanol–water partition coefficient (Wildman–Crippen LogP) is 5.28. The third kappa shape index (κ3) is 15.7. The topological polar surface area (TPSA) is 273 Å². The van der Waals surface area contributed by atoms with E-state index >= 15 is 0 Å². The Labute approximate surface area is 477 Å². The summed E-state index contributed by atoms with van der Waals surface area (Å²) in [5.74, 6) is -5.32. The molecule has 4 heterocycles. The van der Waals surface area contributed by atoms with Gasteiger partial charge in [-0.05, 0) is 126 Å². The molecule has 0 spiro atoms. The van der Waals surface area contributed by atoms with Crippen molar-refractivity contribution < 1.29 is 82.2 Å². The number of aliphatic hydroxyl groups excluding tert-OH is 1. The number of carboxylic acids is 1. The maximum atomic E-state index is 14.7. The fourth-order valence-corrected chi connectivity index (χ4v) is 12.3. The van der Waals surface area contributed by atoms with Crippen LogP contribution in [0.3, 0.4) is 0 Å². The summed E-state index contributed by atoms with van der Waals surface area (Å²) < 4.78 is 59.1. The molecule has 4 aliphatic rings. The number of ether oxygens (including phenoxy) is 9. The lowest BCUT2D eigenvalue weighted by molar-refractivity contribution is -0.319. The Kier molecular flexibility index (Phi) is 22.4. The third-order valence-corrected chi connectivity index (χ3v) is 17.2. The summed E-state index contributed by atoms with van der Waals surface area (Å²) in [5.41, 5.74) is -4.32. The lowest BCUT2D eigenvalue weighted by Crippen LogP contribution is -2.61. The number of benzene rings is 1. The van der Waals surface area contributed by atoms with Crippen LogP contribution in [0.15, 0.2) is 29.2 Å². The quantitative estimate of drug-likeness (QED) is 0.0680. The van der Waals surface area contributed by atoms with Gasteiger partial charge in [0.05, 0.1) is 67.1 Å². The van der Waals surface area contributed by atoms with Crippen LogP contribution < -0.4 is 10.7 Å². The van der Waals surface area contributed by atoms with E-state index in [2.05, 4.69) is 5.32 Å². The number of aliphatic hydroxyl groups is 3. The Morgan fingerprint density at radius 1 is 0.901 bits per heavy atom. The van der Waals surface area contributed by atoms with Crippen molar-refractivity contribution in [3.63, 3.8) is 0 Å². The van der Waals surface area contributed by atoms with Crippen molar-refractivity contribution in [2.45, 2.75) is 224 Å². The van der Waals surface area contributed by atoms with Gasteiger partial charge in [-0.1, -0.05) is 27.7 Å². The molecule has 3 aliphatic heterocycles. The van der Waals surface area contributed by atoms with Gasteiger partial charge in [-0.25, -0.2) is 4.79 Å². The van der Waals surface area contributed by atoms with E-state index in [1.165, 1.54) is 20.2 Å². The summed E-state index contributed by atoms with van der Waals surface area (Å²) >= 11 is 0. The van der Waals surface area contributed by atoms with Gasteiger partial charge >= 0.3 is 23.9 Å². The molecule has 22 nitrogen and oxygen atoms in total. The van der Waals surface area contributed by atoms with Crippen LogP contribution in [0.2, 0.25) is 0 Å². The summed E-state index contributed by atoms with van der Waals surface area (Å²) in [4.78, 5) is 70.1. The highest BCUT2D eigenvalue weighted by molar-refractivity contribution is 5.93. The summed E-state index contributed by atoms with van der Waals surface area (Å²) in [5, 5.41) is 49.9. The number of hydrogen-bond acceptors (Lipinski definition) is 20. The normalized spacial score (nSPS) is 36.8. The number of esters is 3. The number of fused-ring (bicyclic) bond motifs is 1. The van der Waals surface area contributed by atoms with Crippen molar-refractivity contribution in [1.82, 2.24) is 14.4 Å². The first-order valence-corrected chi connectivity index (χ1v) is 29.0. The molecule has 0 unspecified atom stereocenters. The molecule has 81 heavy (non-hydrogen) atoms. The summed E-state index contributed by atoms with van der Waals surface area (Å²) in [6, 6.07) is 4.50. The van der Waals surface area contributed by atoms with Gasteiger partial charge < -0.3 is 82.7 Å². The molecular formula is C59H94N4O18. The second kappa shape index (κ2) is 27.6. The lowest BCUT2D eigenvalue weighted by atomic mass is 9.77. The van der Waals surface area contributed by atoms with E-state index < -0.39 is 119 Å². The number of carbonyl (C=O) groups excluding carboxylic acids is 3. The van der Waals surface area contributed by atoms with E-state index in [0.717, 1.165) is 12.8 Å². The summed E-state index contributed by atoms with van der Waals surface area (Å²) in [7, 11) is 7.08. The number of nitrogens with one attached hydrogen (secondary N) is 1. The highest BCUT2D eigenvalue weighted by Crippen LogP contribution is 2.42. The van der Waals surface area contributed by atoms with Crippen LogP contribution in [0.25, 0.3) is 10.9 Å². The van der Waals surface area contributed by atoms with Crippen molar-refractivity contribution >= 4 is 40.5 Å². The van der Waals surface area contributed by atoms with E-state index in [9.17, 15) is 44.4 Å². The van der Waals surface area contributed by atoms with Crippen LogP contribution in [-0.2, 0) is 57.0 Å². The molecular weight excluding hydrogens is 1050 g/mol. The Morgan fingerprint density at radius 3 is 2.21 bits per heavy atom. The zero-order valence-corrected chi connectivity index (χ0v) is 50.4. The van der Waals surface area contributed by atoms with Gasteiger partial charge in [-0.3, -0.25) is 19.2 Å². The minimum atomic E-state index is -1.89. The highest BCUT2D eigenvalue weighted by Gasteiger charge is 2.54. The van der Waals surface area contributed by atoms with Crippen LogP contribution in [0.4, 0.5) is 5.69 Å². The number of likely N-dealkylation sites (N-methyl/N-ethyl adjacent to an activating group) is 2. The second-order valence-electron chi connectivity index (χ2n) is 24.3. The fourth-order valence-electron chi connectivity index (χ4n) is 12.3. The number of anilines is 1. The van der Waals surface area contributed by atoms with Crippen molar-refractivity contribution in [1.29, 1.82) is 0 Å².